The van der Waals surface area contributed by atoms with Crippen molar-refractivity contribution in [1.29, 1.82) is 0 Å². The van der Waals surface area contributed by atoms with Gasteiger partial charge in [-0.1, -0.05) is 15.9 Å². The van der Waals surface area contributed by atoms with Crippen LogP contribution in [0.25, 0.3) is 0 Å². The molecule has 1 aromatic carbocycles. The van der Waals surface area contributed by atoms with Crippen molar-refractivity contribution in [2.45, 2.75) is 37.3 Å². The fraction of sp³-hybridized carbons (Fsp3) is 0.571. The summed E-state index contributed by atoms with van der Waals surface area (Å²) < 4.78 is 1.20. The molecule has 1 aliphatic carbocycles. The molecule has 2 nitrogen and oxygen atoms in total. The molecule has 1 aliphatic heterocycles. The fourth-order valence-electron chi connectivity index (χ4n) is 3.31. The molecule has 0 saturated heterocycles. The largest absolute Gasteiger partial charge is 0.381 e. The standard InChI is InChI=1S/C14H19BrN2/c1-17(2)10-4-6-14-12(8-10)11-7-9(15)3-5-13(11)16-14/h3,5,7,10,12,14,16H,4,6,8H2,1-2H3. The van der Waals surface area contributed by atoms with Crippen LogP contribution in [0.4, 0.5) is 5.69 Å². The van der Waals surface area contributed by atoms with Gasteiger partial charge >= 0.3 is 0 Å². The molecule has 1 aromatic rings. The molecule has 0 bridgehead atoms. The van der Waals surface area contributed by atoms with Crippen molar-refractivity contribution in [3.8, 4) is 0 Å². The van der Waals surface area contributed by atoms with E-state index < -0.39 is 0 Å². The molecule has 3 atom stereocenters. The van der Waals surface area contributed by atoms with E-state index in [0.29, 0.717) is 12.0 Å². The van der Waals surface area contributed by atoms with Crippen molar-refractivity contribution in [2.24, 2.45) is 0 Å². The molecular weight excluding hydrogens is 276 g/mol. The number of benzene rings is 1. The minimum absolute atomic E-state index is 0.662. The van der Waals surface area contributed by atoms with E-state index in [9.17, 15) is 0 Å². The first-order valence-corrected chi connectivity index (χ1v) is 7.17. The van der Waals surface area contributed by atoms with Gasteiger partial charge in [0.1, 0.15) is 0 Å². The highest BCUT2D eigenvalue weighted by molar-refractivity contribution is 9.10. The van der Waals surface area contributed by atoms with Crippen LogP contribution in [0, 0.1) is 0 Å². The van der Waals surface area contributed by atoms with Crippen molar-refractivity contribution in [1.82, 2.24) is 4.90 Å². The van der Waals surface area contributed by atoms with E-state index in [0.717, 1.165) is 6.04 Å². The lowest BCUT2D eigenvalue weighted by Crippen LogP contribution is -2.38. The molecule has 1 saturated carbocycles. The van der Waals surface area contributed by atoms with Crippen molar-refractivity contribution < 1.29 is 0 Å². The summed E-state index contributed by atoms with van der Waals surface area (Å²) in [5, 5.41) is 3.68. The van der Waals surface area contributed by atoms with Gasteiger partial charge in [0, 0.05) is 28.2 Å². The zero-order valence-electron chi connectivity index (χ0n) is 10.4. The van der Waals surface area contributed by atoms with Crippen LogP contribution in [-0.4, -0.2) is 31.1 Å². The monoisotopic (exact) mass is 294 g/mol. The maximum atomic E-state index is 3.68. The number of hydrogen-bond acceptors (Lipinski definition) is 2. The Kier molecular flexibility index (Phi) is 2.91. The predicted molar refractivity (Wildman–Crippen MR) is 75.6 cm³/mol. The Morgan fingerprint density at radius 3 is 2.88 bits per heavy atom. The summed E-state index contributed by atoms with van der Waals surface area (Å²) >= 11 is 3.59. The van der Waals surface area contributed by atoms with Crippen molar-refractivity contribution in [3.05, 3.63) is 28.2 Å². The lowest BCUT2D eigenvalue weighted by molar-refractivity contribution is 0.208. The average molecular weight is 295 g/mol. The first-order chi connectivity index (χ1) is 8.15. The van der Waals surface area contributed by atoms with E-state index in [1.54, 1.807) is 0 Å². The third kappa shape index (κ3) is 2.00. The van der Waals surface area contributed by atoms with Crippen LogP contribution in [0.3, 0.4) is 0 Å². The SMILES string of the molecule is CN(C)C1CCC2Nc3ccc(Br)cc3C2C1. The van der Waals surface area contributed by atoms with Crippen LogP contribution >= 0.6 is 15.9 Å². The van der Waals surface area contributed by atoms with E-state index in [-0.39, 0.29) is 0 Å². The Hall–Kier alpha value is -0.540. The molecule has 92 valence electrons. The number of halogens is 1. The van der Waals surface area contributed by atoms with Gasteiger partial charge in [-0.05, 0) is 57.1 Å². The summed E-state index contributed by atoms with van der Waals surface area (Å²) in [5.41, 5.74) is 2.86. The highest BCUT2D eigenvalue weighted by atomic mass is 79.9. The summed E-state index contributed by atoms with van der Waals surface area (Å²) in [4.78, 5) is 2.38. The highest BCUT2D eigenvalue weighted by Gasteiger charge is 2.37. The fourth-order valence-corrected chi connectivity index (χ4v) is 3.68. The van der Waals surface area contributed by atoms with Gasteiger partial charge in [-0.3, -0.25) is 0 Å². The molecular formula is C14H19BrN2. The summed E-state index contributed by atoms with van der Waals surface area (Å²) in [6.45, 7) is 0. The van der Waals surface area contributed by atoms with Crippen LogP contribution in [0.2, 0.25) is 0 Å². The second-order valence-electron chi connectivity index (χ2n) is 5.52. The minimum atomic E-state index is 0.662. The van der Waals surface area contributed by atoms with Crippen LogP contribution in [-0.2, 0) is 0 Å². The van der Waals surface area contributed by atoms with Gasteiger partial charge in [-0.2, -0.15) is 0 Å². The topological polar surface area (TPSA) is 15.3 Å². The number of hydrogen-bond donors (Lipinski definition) is 1. The van der Waals surface area contributed by atoms with Gasteiger partial charge < -0.3 is 10.2 Å². The number of nitrogens with zero attached hydrogens (tertiary/aromatic N) is 1. The predicted octanol–water partition coefficient (Wildman–Crippen LogP) is 3.44. The molecule has 1 N–H and O–H groups in total. The smallest absolute Gasteiger partial charge is 0.0379 e. The first-order valence-electron chi connectivity index (χ1n) is 6.37. The maximum absolute atomic E-state index is 3.68. The van der Waals surface area contributed by atoms with Crippen molar-refractivity contribution in [2.75, 3.05) is 19.4 Å². The van der Waals surface area contributed by atoms with E-state index in [1.807, 2.05) is 0 Å². The van der Waals surface area contributed by atoms with E-state index in [2.05, 4.69) is 58.4 Å². The van der Waals surface area contributed by atoms with Gasteiger partial charge in [-0.15, -0.1) is 0 Å². The number of anilines is 1. The van der Waals surface area contributed by atoms with Crippen LogP contribution < -0.4 is 5.32 Å². The molecule has 2 aliphatic rings. The molecule has 3 heteroatoms. The van der Waals surface area contributed by atoms with Gasteiger partial charge in [0.05, 0.1) is 0 Å². The Balaban J connectivity index is 1.89. The molecule has 3 unspecified atom stereocenters. The molecule has 17 heavy (non-hydrogen) atoms. The first kappa shape index (κ1) is 11.5. The number of rotatable bonds is 1. The van der Waals surface area contributed by atoms with E-state index >= 15 is 0 Å². The maximum Gasteiger partial charge on any atom is 0.0379 e. The third-order valence-electron chi connectivity index (χ3n) is 4.31. The summed E-state index contributed by atoms with van der Waals surface area (Å²) in [5.74, 6) is 0.698. The number of fused-ring (bicyclic) bond motifs is 3. The zero-order chi connectivity index (χ0) is 12.0. The van der Waals surface area contributed by atoms with Gasteiger partial charge in [0.25, 0.3) is 0 Å². The average Bonchev–Trinajstić information content (AvgIpc) is 2.66. The Labute approximate surface area is 112 Å². The lowest BCUT2D eigenvalue weighted by atomic mass is 9.79. The zero-order valence-corrected chi connectivity index (χ0v) is 12.0. The van der Waals surface area contributed by atoms with E-state index in [4.69, 9.17) is 0 Å². The van der Waals surface area contributed by atoms with E-state index in [1.165, 1.54) is 35.0 Å². The summed E-state index contributed by atoms with van der Waals surface area (Å²) in [6, 6.07) is 8.04. The van der Waals surface area contributed by atoms with Crippen LogP contribution in [0.5, 0.6) is 0 Å². The Morgan fingerprint density at radius 1 is 1.29 bits per heavy atom. The number of nitrogens with one attached hydrogen (secondary N) is 1. The third-order valence-corrected chi connectivity index (χ3v) is 4.80. The van der Waals surface area contributed by atoms with Crippen molar-refractivity contribution in [3.63, 3.8) is 0 Å². The molecule has 0 radical (unpaired) electrons. The van der Waals surface area contributed by atoms with Gasteiger partial charge in [-0.25, -0.2) is 0 Å². The van der Waals surface area contributed by atoms with Gasteiger partial charge in [0.15, 0.2) is 0 Å². The van der Waals surface area contributed by atoms with Crippen LogP contribution in [0.15, 0.2) is 22.7 Å². The molecule has 0 amide bonds. The molecule has 0 spiro atoms. The van der Waals surface area contributed by atoms with Gasteiger partial charge in [0.2, 0.25) is 0 Å². The minimum Gasteiger partial charge on any atom is -0.381 e. The highest BCUT2D eigenvalue weighted by Crippen LogP contribution is 2.45. The second-order valence-corrected chi connectivity index (χ2v) is 6.44. The molecule has 1 heterocycles. The molecule has 1 fully saturated rings. The summed E-state index contributed by atoms with van der Waals surface area (Å²) in [6.07, 6.45) is 3.89. The lowest BCUT2D eigenvalue weighted by Gasteiger charge is -2.35. The second kappa shape index (κ2) is 4.29. The Morgan fingerprint density at radius 2 is 2.12 bits per heavy atom. The van der Waals surface area contributed by atoms with Crippen LogP contribution in [0.1, 0.15) is 30.7 Å². The van der Waals surface area contributed by atoms with Crippen molar-refractivity contribution >= 4 is 21.6 Å². The Bertz CT molecular complexity index is 430. The molecule has 0 aromatic heterocycles. The molecule has 3 rings (SSSR count). The summed E-state index contributed by atoms with van der Waals surface area (Å²) in [7, 11) is 4.41. The quantitative estimate of drug-likeness (QED) is 0.854. The normalized spacial score (nSPS) is 30.9.